The van der Waals surface area contributed by atoms with Crippen LogP contribution in [0.4, 0.5) is 0 Å². The van der Waals surface area contributed by atoms with Crippen LogP contribution in [0, 0.1) is 0 Å². The minimum Gasteiger partial charge on any atom is -0.372 e. The van der Waals surface area contributed by atoms with Gasteiger partial charge in [0.1, 0.15) is 26.3 Å². The Morgan fingerprint density at radius 3 is 2.08 bits per heavy atom. The van der Waals surface area contributed by atoms with Gasteiger partial charge in [-0.05, 0) is 54.2 Å². The van der Waals surface area contributed by atoms with Crippen molar-refractivity contribution in [3.05, 3.63) is 100 Å². The molecule has 4 aliphatic rings. The number of H-pyrrole nitrogens is 1. The van der Waals surface area contributed by atoms with E-state index in [4.69, 9.17) is 0 Å². The van der Waals surface area contributed by atoms with Crippen LogP contribution in [0.15, 0.2) is 93.8 Å². The maximum Gasteiger partial charge on any atom is 0.223 e. The molecule has 1 atom stereocenters. The van der Waals surface area contributed by atoms with E-state index in [1.807, 2.05) is 12.1 Å². The highest BCUT2D eigenvalue weighted by atomic mass is 32.2. The second-order valence-corrected chi connectivity index (χ2v) is 11.4. The first-order chi connectivity index (χ1) is 18.8. The van der Waals surface area contributed by atoms with Crippen LogP contribution < -0.4 is 16.0 Å². The molecule has 0 amide bonds. The SMILES string of the molecule is O=S(=O)=C1C=C2/C=c3/cc/c([nH]3)=C/C3=NC(=C\C4=C(c5ccccc5)C(=S(=O)=O)C(N4)C(=S(=O)=O)C1=N2)/C=C3. The summed E-state index contributed by atoms with van der Waals surface area (Å²) in [5.41, 5.74) is 2.01. The number of aromatic nitrogens is 1. The topological polar surface area (TPSA) is 155 Å². The largest absolute Gasteiger partial charge is 0.372 e. The Morgan fingerprint density at radius 1 is 0.667 bits per heavy atom. The standard InChI is InChI=1S/C26H16N4O6S3/c31-37(32)21-13-19-11-17-7-6-15(27-17)10-16-8-9-18(28-16)12-20-22(14-4-2-1-3-5-14)25(38(33)34)24(30-20)26(39(35)36)23(21)29-19/h1-13,24,27,30H/b15-10-,17-11-,18-12-. The molecule has 10 nitrogen and oxygen atoms in total. The monoisotopic (exact) mass is 576 g/mol. The van der Waals surface area contributed by atoms with Crippen LogP contribution in [-0.2, 0) is 30.9 Å². The van der Waals surface area contributed by atoms with Gasteiger partial charge >= 0.3 is 0 Å². The molecule has 194 valence electrons. The van der Waals surface area contributed by atoms with Crippen molar-refractivity contribution in [2.75, 3.05) is 0 Å². The molecular weight excluding hydrogens is 561 g/mol. The molecule has 1 aromatic carbocycles. The molecular formula is C26H16N4O6S3. The molecule has 4 aliphatic heterocycles. The molecule has 0 saturated carbocycles. The first-order valence-electron chi connectivity index (χ1n) is 11.4. The van der Waals surface area contributed by atoms with Crippen LogP contribution in [0.1, 0.15) is 5.56 Å². The van der Waals surface area contributed by atoms with Crippen LogP contribution in [0.2, 0.25) is 0 Å². The number of rotatable bonds is 1. The van der Waals surface area contributed by atoms with Gasteiger partial charge < -0.3 is 10.3 Å². The average Bonchev–Trinajstić information content (AvgIpc) is 3.67. The Balaban J connectivity index is 1.71. The van der Waals surface area contributed by atoms with E-state index in [0.717, 1.165) is 5.35 Å². The normalized spacial score (nSPS) is 22.6. The lowest BCUT2D eigenvalue weighted by molar-refractivity contribution is 0.625. The second kappa shape index (κ2) is 9.62. The van der Waals surface area contributed by atoms with Gasteiger partial charge in [0.25, 0.3) is 0 Å². The van der Waals surface area contributed by atoms with Crippen molar-refractivity contribution in [2.45, 2.75) is 6.04 Å². The average molecular weight is 577 g/mol. The Kier molecular flexibility index (Phi) is 6.10. The molecule has 39 heavy (non-hydrogen) atoms. The van der Waals surface area contributed by atoms with Gasteiger partial charge in [-0.15, -0.1) is 0 Å². The van der Waals surface area contributed by atoms with E-state index in [9.17, 15) is 25.3 Å². The molecule has 0 radical (unpaired) electrons. The number of nitrogens with one attached hydrogen (secondary N) is 2. The van der Waals surface area contributed by atoms with Crippen LogP contribution in [0.5, 0.6) is 0 Å². The zero-order valence-corrected chi connectivity index (χ0v) is 22.1. The number of allylic oxidation sites excluding steroid dienone is 5. The van der Waals surface area contributed by atoms with Crippen LogP contribution in [-0.4, -0.2) is 62.3 Å². The Bertz CT molecular complexity index is 2220. The number of hydrogen-bond acceptors (Lipinski definition) is 9. The van der Waals surface area contributed by atoms with Gasteiger partial charge in [0, 0.05) is 22.0 Å². The van der Waals surface area contributed by atoms with Gasteiger partial charge in [-0.2, -0.15) is 25.3 Å². The highest BCUT2D eigenvalue weighted by molar-refractivity contribution is 7.80. The maximum absolute atomic E-state index is 12.7. The fraction of sp³-hybridized carbons (Fsp3) is 0.0385. The predicted octanol–water partition coefficient (Wildman–Crippen LogP) is -0.640. The molecule has 1 unspecified atom stereocenters. The van der Waals surface area contributed by atoms with Crippen molar-refractivity contribution in [2.24, 2.45) is 9.98 Å². The third-order valence-corrected chi connectivity index (χ3v) is 8.50. The predicted molar refractivity (Wildman–Crippen MR) is 151 cm³/mol. The quantitative estimate of drug-likeness (QED) is 0.428. The summed E-state index contributed by atoms with van der Waals surface area (Å²) in [4.78, 5) is 10.9. The van der Waals surface area contributed by atoms with Gasteiger partial charge in [0.2, 0.25) is 30.9 Å². The fourth-order valence-corrected chi connectivity index (χ4v) is 6.80. The summed E-state index contributed by atoms with van der Waals surface area (Å²) in [6, 6.07) is 10.7. The number of nitrogens with zero attached hydrogens (tertiary/aromatic N) is 2. The Labute approximate surface area is 225 Å². The molecule has 6 rings (SSSR count). The van der Waals surface area contributed by atoms with Crippen molar-refractivity contribution in [1.29, 1.82) is 0 Å². The molecule has 0 fully saturated rings. The van der Waals surface area contributed by atoms with E-state index in [2.05, 4.69) is 20.3 Å². The second-order valence-electron chi connectivity index (χ2n) is 8.66. The number of hydrogen-bond donors (Lipinski definition) is 2. The van der Waals surface area contributed by atoms with Gasteiger partial charge in [-0.25, -0.2) is 9.98 Å². The van der Waals surface area contributed by atoms with Crippen molar-refractivity contribution in [3.63, 3.8) is 0 Å². The van der Waals surface area contributed by atoms with Crippen molar-refractivity contribution < 1.29 is 25.3 Å². The van der Waals surface area contributed by atoms with Gasteiger partial charge in [0.15, 0.2) is 0 Å². The molecule has 8 bridgehead atoms. The van der Waals surface area contributed by atoms with Crippen molar-refractivity contribution >= 4 is 74.6 Å². The summed E-state index contributed by atoms with van der Waals surface area (Å²) in [5, 5.41) is 4.32. The number of benzene rings is 1. The lowest BCUT2D eigenvalue weighted by Crippen LogP contribution is -2.44. The highest BCUT2D eigenvalue weighted by Crippen LogP contribution is 2.30. The smallest absolute Gasteiger partial charge is 0.223 e. The van der Waals surface area contributed by atoms with Crippen LogP contribution in [0.25, 0.3) is 17.7 Å². The van der Waals surface area contributed by atoms with E-state index in [-0.39, 0.29) is 26.7 Å². The molecule has 13 heteroatoms. The molecule has 2 aromatic rings. The summed E-state index contributed by atoms with van der Waals surface area (Å²) < 4.78 is 75.1. The molecule has 1 aromatic heterocycles. The summed E-state index contributed by atoms with van der Waals surface area (Å²) in [7, 11) is -8.83. The zero-order chi connectivity index (χ0) is 27.3. The first kappa shape index (κ1) is 24.7. The molecule has 0 saturated heterocycles. The van der Waals surface area contributed by atoms with E-state index in [1.165, 1.54) is 6.08 Å². The summed E-state index contributed by atoms with van der Waals surface area (Å²) >= 11 is 0. The van der Waals surface area contributed by atoms with Crippen molar-refractivity contribution in [1.82, 2.24) is 10.3 Å². The van der Waals surface area contributed by atoms with Gasteiger partial charge in [0.05, 0.1) is 17.1 Å². The summed E-state index contributed by atoms with van der Waals surface area (Å²) in [6.45, 7) is 0. The van der Waals surface area contributed by atoms with E-state index >= 15 is 0 Å². The Morgan fingerprint density at radius 2 is 1.38 bits per heavy atom. The summed E-state index contributed by atoms with van der Waals surface area (Å²) in [6.07, 6.45) is 9.77. The minimum absolute atomic E-state index is 0.173. The van der Waals surface area contributed by atoms with Crippen molar-refractivity contribution in [3.8, 4) is 0 Å². The lowest BCUT2D eigenvalue weighted by atomic mass is 9.97. The van der Waals surface area contributed by atoms with E-state index < -0.39 is 41.8 Å². The first-order valence-corrected chi connectivity index (χ1v) is 14.6. The molecule has 0 spiro atoms. The van der Waals surface area contributed by atoms with Crippen LogP contribution in [0.3, 0.4) is 0 Å². The number of aromatic amines is 1. The van der Waals surface area contributed by atoms with Crippen LogP contribution >= 0.6 is 0 Å². The third kappa shape index (κ3) is 4.52. The van der Waals surface area contributed by atoms with Gasteiger partial charge in [-0.3, -0.25) is 0 Å². The number of fused-ring (bicyclic) bond motifs is 6. The molecule has 5 heterocycles. The summed E-state index contributed by atoms with van der Waals surface area (Å²) in [5.74, 6) is 0. The molecule has 0 aliphatic carbocycles. The van der Waals surface area contributed by atoms with E-state index in [0.29, 0.717) is 28.0 Å². The fourth-order valence-electron chi connectivity index (χ4n) is 4.68. The minimum atomic E-state index is -3.06. The van der Waals surface area contributed by atoms with E-state index in [1.54, 1.807) is 60.7 Å². The highest BCUT2D eigenvalue weighted by Gasteiger charge is 2.40. The number of aliphatic imine (C=N–C) groups is 2. The lowest BCUT2D eigenvalue weighted by Gasteiger charge is -2.13. The zero-order valence-electron chi connectivity index (χ0n) is 19.7. The maximum atomic E-state index is 12.7. The third-order valence-electron chi connectivity index (χ3n) is 6.24. The molecule has 2 N–H and O–H groups in total. The van der Waals surface area contributed by atoms with Gasteiger partial charge in [-0.1, -0.05) is 30.3 Å². The Hall–Kier alpha value is -4.59.